The number of rotatable bonds is 2. The minimum atomic E-state index is -0.290. The average Bonchev–Trinajstić information content (AvgIpc) is 2.76. The van der Waals surface area contributed by atoms with Gasteiger partial charge in [-0.25, -0.2) is 0 Å². The molecule has 0 amide bonds. The van der Waals surface area contributed by atoms with Gasteiger partial charge in [0, 0.05) is 25.2 Å². The molecule has 0 aromatic heterocycles. The second kappa shape index (κ2) is 4.96. The first kappa shape index (κ1) is 12.9. The highest BCUT2D eigenvalue weighted by Crippen LogP contribution is 2.28. The molecule has 0 aromatic carbocycles. The van der Waals surface area contributed by atoms with E-state index >= 15 is 0 Å². The topological polar surface area (TPSA) is 30.3 Å². The molecule has 0 spiro atoms. The molecule has 3 nitrogen and oxygen atoms in total. The van der Waals surface area contributed by atoms with Crippen LogP contribution in [-0.2, 0) is 0 Å². The predicted molar refractivity (Wildman–Crippen MR) is 69.7 cm³/mol. The summed E-state index contributed by atoms with van der Waals surface area (Å²) in [6.45, 7) is 9.87. The van der Waals surface area contributed by atoms with Crippen molar-refractivity contribution in [3.8, 4) is 6.07 Å². The van der Waals surface area contributed by atoms with E-state index < -0.39 is 0 Å². The summed E-state index contributed by atoms with van der Waals surface area (Å²) in [6, 6.07) is 3.95. The standard InChI is InChI=1S/C14H25N3/c1-12-5-4-8-17(12)13-6-9-16(10-7-13)14(2,3)11-15/h12-13H,4-10H2,1-3H3/t12-/m0/s1. The summed E-state index contributed by atoms with van der Waals surface area (Å²) in [7, 11) is 0. The largest absolute Gasteiger partial charge is 0.298 e. The molecule has 3 heteroatoms. The van der Waals surface area contributed by atoms with Gasteiger partial charge in [0.1, 0.15) is 5.54 Å². The fourth-order valence-electron chi connectivity index (χ4n) is 3.33. The SMILES string of the molecule is C[C@H]1CCCN1C1CCN(C(C)(C)C#N)CC1. The van der Waals surface area contributed by atoms with Crippen LogP contribution in [0.5, 0.6) is 0 Å². The fraction of sp³-hybridized carbons (Fsp3) is 0.929. The number of piperidine rings is 1. The van der Waals surface area contributed by atoms with Crippen LogP contribution in [0.2, 0.25) is 0 Å². The van der Waals surface area contributed by atoms with Crippen molar-refractivity contribution in [2.75, 3.05) is 19.6 Å². The number of likely N-dealkylation sites (tertiary alicyclic amines) is 2. The Bertz CT molecular complexity index is 297. The van der Waals surface area contributed by atoms with Crippen LogP contribution in [0.1, 0.15) is 46.5 Å². The van der Waals surface area contributed by atoms with E-state index in [0.717, 1.165) is 25.2 Å². The van der Waals surface area contributed by atoms with Crippen LogP contribution in [-0.4, -0.2) is 47.1 Å². The highest BCUT2D eigenvalue weighted by Gasteiger charge is 2.34. The monoisotopic (exact) mass is 235 g/mol. The zero-order valence-electron chi connectivity index (χ0n) is 11.4. The summed E-state index contributed by atoms with van der Waals surface area (Å²) in [4.78, 5) is 5.03. The third-order valence-corrected chi connectivity index (χ3v) is 4.60. The molecule has 96 valence electrons. The first-order valence-corrected chi connectivity index (χ1v) is 6.96. The van der Waals surface area contributed by atoms with E-state index in [1.807, 2.05) is 13.8 Å². The fourth-order valence-corrected chi connectivity index (χ4v) is 3.33. The van der Waals surface area contributed by atoms with E-state index in [1.54, 1.807) is 0 Å². The van der Waals surface area contributed by atoms with E-state index in [1.165, 1.54) is 32.2 Å². The van der Waals surface area contributed by atoms with E-state index in [-0.39, 0.29) is 5.54 Å². The summed E-state index contributed by atoms with van der Waals surface area (Å²) in [5, 5.41) is 9.16. The molecular weight excluding hydrogens is 210 g/mol. The Morgan fingerprint density at radius 2 is 1.76 bits per heavy atom. The van der Waals surface area contributed by atoms with Gasteiger partial charge in [-0.3, -0.25) is 9.80 Å². The number of nitrogens with zero attached hydrogens (tertiary/aromatic N) is 3. The van der Waals surface area contributed by atoms with E-state index in [2.05, 4.69) is 22.8 Å². The molecule has 2 heterocycles. The van der Waals surface area contributed by atoms with Crippen molar-refractivity contribution in [1.29, 1.82) is 5.26 Å². The van der Waals surface area contributed by atoms with Gasteiger partial charge in [0.2, 0.25) is 0 Å². The highest BCUT2D eigenvalue weighted by atomic mass is 15.2. The molecule has 0 N–H and O–H groups in total. The maximum Gasteiger partial charge on any atom is 0.103 e. The summed E-state index contributed by atoms with van der Waals surface area (Å²) in [5.41, 5.74) is -0.290. The minimum Gasteiger partial charge on any atom is -0.298 e. The Labute approximate surface area is 105 Å². The molecular formula is C14H25N3. The van der Waals surface area contributed by atoms with Crippen LogP contribution in [0.15, 0.2) is 0 Å². The van der Waals surface area contributed by atoms with E-state index in [9.17, 15) is 0 Å². The molecule has 0 unspecified atom stereocenters. The Hall–Kier alpha value is -0.590. The van der Waals surface area contributed by atoms with Gasteiger partial charge in [0.25, 0.3) is 0 Å². The van der Waals surface area contributed by atoms with Crippen LogP contribution in [0.4, 0.5) is 0 Å². The lowest BCUT2D eigenvalue weighted by atomic mass is 9.96. The molecule has 2 saturated heterocycles. The van der Waals surface area contributed by atoms with Crippen LogP contribution in [0.3, 0.4) is 0 Å². The molecule has 0 aromatic rings. The van der Waals surface area contributed by atoms with Gasteiger partial charge >= 0.3 is 0 Å². The molecule has 0 radical (unpaired) electrons. The summed E-state index contributed by atoms with van der Waals surface area (Å²) in [5.74, 6) is 0. The van der Waals surface area contributed by atoms with Gasteiger partial charge in [0.05, 0.1) is 6.07 Å². The van der Waals surface area contributed by atoms with Crippen molar-refractivity contribution < 1.29 is 0 Å². The molecule has 17 heavy (non-hydrogen) atoms. The van der Waals surface area contributed by atoms with Gasteiger partial charge in [0.15, 0.2) is 0 Å². The maximum atomic E-state index is 9.16. The van der Waals surface area contributed by atoms with E-state index in [4.69, 9.17) is 5.26 Å². The lowest BCUT2D eigenvalue weighted by molar-refractivity contribution is 0.0681. The van der Waals surface area contributed by atoms with E-state index in [0.29, 0.717) is 0 Å². The average molecular weight is 235 g/mol. The quantitative estimate of drug-likeness (QED) is 0.735. The van der Waals surface area contributed by atoms with Crippen molar-refractivity contribution in [2.45, 2.75) is 64.1 Å². The lowest BCUT2D eigenvalue weighted by Crippen LogP contribution is -2.52. The first-order valence-electron chi connectivity index (χ1n) is 6.96. The maximum absolute atomic E-state index is 9.16. The Kier molecular flexibility index (Phi) is 3.75. The van der Waals surface area contributed by atoms with Gasteiger partial charge in [-0.05, 0) is 53.0 Å². The van der Waals surface area contributed by atoms with Gasteiger partial charge in [-0.15, -0.1) is 0 Å². The lowest BCUT2D eigenvalue weighted by Gasteiger charge is -2.42. The zero-order valence-corrected chi connectivity index (χ0v) is 11.4. The molecule has 0 bridgehead atoms. The first-order chi connectivity index (χ1) is 8.04. The third kappa shape index (κ3) is 2.64. The predicted octanol–water partition coefficient (Wildman–Crippen LogP) is 2.24. The van der Waals surface area contributed by atoms with Crippen molar-refractivity contribution >= 4 is 0 Å². The smallest absolute Gasteiger partial charge is 0.103 e. The Morgan fingerprint density at radius 3 is 2.24 bits per heavy atom. The van der Waals surface area contributed by atoms with Crippen LogP contribution < -0.4 is 0 Å². The summed E-state index contributed by atoms with van der Waals surface area (Å²) in [6.07, 6.45) is 5.19. The van der Waals surface area contributed by atoms with Gasteiger partial charge in [-0.2, -0.15) is 5.26 Å². The number of nitriles is 1. The molecule has 0 aliphatic carbocycles. The Balaban J connectivity index is 1.88. The highest BCUT2D eigenvalue weighted by molar-refractivity contribution is 5.03. The summed E-state index contributed by atoms with van der Waals surface area (Å²) >= 11 is 0. The molecule has 2 rings (SSSR count). The minimum absolute atomic E-state index is 0.290. The van der Waals surface area contributed by atoms with Crippen LogP contribution in [0, 0.1) is 11.3 Å². The number of hydrogen-bond donors (Lipinski definition) is 0. The van der Waals surface area contributed by atoms with Crippen LogP contribution >= 0.6 is 0 Å². The van der Waals surface area contributed by atoms with Crippen LogP contribution in [0.25, 0.3) is 0 Å². The third-order valence-electron chi connectivity index (χ3n) is 4.60. The van der Waals surface area contributed by atoms with Crippen molar-refractivity contribution in [2.24, 2.45) is 0 Å². The normalized spacial score (nSPS) is 29.4. The van der Waals surface area contributed by atoms with Gasteiger partial charge < -0.3 is 0 Å². The van der Waals surface area contributed by atoms with Crippen molar-refractivity contribution in [3.05, 3.63) is 0 Å². The second-order valence-electron chi connectivity index (χ2n) is 6.12. The molecule has 2 aliphatic rings. The molecule has 1 atom stereocenters. The number of hydrogen-bond acceptors (Lipinski definition) is 3. The van der Waals surface area contributed by atoms with Gasteiger partial charge in [-0.1, -0.05) is 0 Å². The van der Waals surface area contributed by atoms with Crippen molar-refractivity contribution in [3.63, 3.8) is 0 Å². The Morgan fingerprint density at radius 1 is 1.12 bits per heavy atom. The zero-order chi connectivity index (χ0) is 12.5. The molecule has 0 saturated carbocycles. The summed E-state index contributed by atoms with van der Waals surface area (Å²) < 4.78 is 0. The second-order valence-corrected chi connectivity index (χ2v) is 6.12. The molecule has 2 fully saturated rings. The molecule has 2 aliphatic heterocycles. The van der Waals surface area contributed by atoms with Crippen molar-refractivity contribution in [1.82, 2.24) is 9.80 Å².